The Hall–Kier alpha value is -2.09. The van der Waals surface area contributed by atoms with Crippen molar-refractivity contribution in [2.75, 3.05) is 11.6 Å². The van der Waals surface area contributed by atoms with E-state index in [0.717, 1.165) is 0 Å². The quantitative estimate of drug-likeness (QED) is 0.513. The van der Waals surface area contributed by atoms with E-state index < -0.39 is 23.7 Å². The van der Waals surface area contributed by atoms with Crippen molar-refractivity contribution in [2.24, 2.45) is 0 Å². The summed E-state index contributed by atoms with van der Waals surface area (Å²) in [6.45, 7) is -0.892. The highest BCUT2D eigenvalue weighted by Crippen LogP contribution is 2.17. The Morgan fingerprint density at radius 3 is 2.73 bits per heavy atom. The minimum absolute atomic E-state index is 0.249. The second-order valence-corrected chi connectivity index (χ2v) is 2.57. The number of furan rings is 1. The van der Waals surface area contributed by atoms with Crippen molar-refractivity contribution in [1.82, 2.24) is 0 Å². The predicted molar refractivity (Wildman–Crippen MR) is 46.7 cm³/mol. The largest absolute Gasteiger partial charge is 0.479 e. The monoisotopic (exact) mass is 216 g/mol. The Labute approximate surface area is 83.5 Å². The van der Waals surface area contributed by atoms with E-state index in [4.69, 9.17) is 14.6 Å². The normalized spacial score (nSPS) is 12.1. The number of nitro groups is 1. The molecule has 0 aromatic carbocycles. The van der Waals surface area contributed by atoms with Gasteiger partial charge in [-0.05, 0) is 11.1 Å². The van der Waals surface area contributed by atoms with Crippen LogP contribution in [0.4, 0.5) is 5.88 Å². The van der Waals surface area contributed by atoms with E-state index >= 15 is 0 Å². The summed E-state index contributed by atoms with van der Waals surface area (Å²) >= 11 is 0. The number of carbonyl (C=O) groups is 1. The topological polar surface area (TPSA) is 117 Å². The van der Waals surface area contributed by atoms with Crippen molar-refractivity contribution in [3.63, 3.8) is 0 Å². The van der Waals surface area contributed by atoms with E-state index in [9.17, 15) is 14.9 Å². The molecular weight excluding hydrogens is 208 g/mol. The first-order valence-corrected chi connectivity index (χ1v) is 3.88. The van der Waals surface area contributed by atoms with Crippen LogP contribution in [0.15, 0.2) is 22.8 Å². The average Bonchev–Trinajstić information content (AvgIpc) is 2.64. The molecule has 1 aromatic heterocycles. The summed E-state index contributed by atoms with van der Waals surface area (Å²) in [5.74, 6) is -1.76. The Balaban J connectivity index is 3.02. The van der Waals surface area contributed by atoms with Crippen molar-refractivity contribution in [2.45, 2.75) is 6.04 Å². The zero-order valence-electron chi connectivity index (χ0n) is 7.44. The van der Waals surface area contributed by atoms with Gasteiger partial charge >= 0.3 is 5.97 Å². The highest BCUT2D eigenvalue weighted by Gasteiger charge is 2.36. The molecular formula is C7H8N2O6. The van der Waals surface area contributed by atoms with Crippen LogP contribution in [0.3, 0.4) is 0 Å². The number of aliphatic hydroxyl groups excluding tert-OH is 1. The van der Waals surface area contributed by atoms with Crippen molar-refractivity contribution in [1.29, 1.82) is 0 Å². The summed E-state index contributed by atoms with van der Waals surface area (Å²) < 4.78 is 4.70. The molecule has 0 radical (unpaired) electrons. The van der Waals surface area contributed by atoms with Crippen molar-refractivity contribution in [3.05, 3.63) is 28.5 Å². The minimum Gasteiger partial charge on any atom is -0.479 e. The van der Waals surface area contributed by atoms with Gasteiger partial charge in [0.1, 0.15) is 0 Å². The van der Waals surface area contributed by atoms with Gasteiger partial charge in [0.05, 0.1) is 12.9 Å². The third kappa shape index (κ3) is 2.23. The molecule has 1 atom stereocenters. The lowest BCUT2D eigenvalue weighted by Crippen LogP contribution is -2.47. The number of anilines is 1. The fourth-order valence-corrected chi connectivity index (χ4v) is 1.01. The van der Waals surface area contributed by atoms with Crippen LogP contribution in [0.2, 0.25) is 0 Å². The van der Waals surface area contributed by atoms with E-state index in [0.29, 0.717) is 0 Å². The predicted octanol–water partition coefficient (Wildman–Crippen LogP) is -0.277. The van der Waals surface area contributed by atoms with Gasteiger partial charge in [-0.15, -0.1) is 0 Å². The molecule has 0 saturated heterocycles. The van der Waals surface area contributed by atoms with Gasteiger partial charge in [0.2, 0.25) is 6.04 Å². The van der Waals surface area contributed by atoms with Crippen molar-refractivity contribution < 1.29 is 24.5 Å². The molecule has 0 aliphatic rings. The third-order valence-corrected chi connectivity index (χ3v) is 1.66. The highest BCUT2D eigenvalue weighted by atomic mass is 16.7. The molecule has 0 amide bonds. The van der Waals surface area contributed by atoms with Gasteiger partial charge in [-0.3, -0.25) is 0 Å². The smallest absolute Gasteiger partial charge is 0.335 e. The zero-order valence-corrected chi connectivity index (χ0v) is 7.44. The molecule has 0 bridgehead atoms. The molecule has 0 aliphatic heterocycles. The standard InChI is InChI=1S/C7H8N2O6/c10-4-5(7(11)12)8(9(13)14)6-2-1-3-15-6/h1-3,5,10H,4H2,(H,11,12)/t5-/m0/s1. The van der Waals surface area contributed by atoms with Gasteiger partial charge in [0, 0.05) is 6.07 Å². The Kier molecular flexibility index (Phi) is 3.24. The molecule has 1 heterocycles. The van der Waals surface area contributed by atoms with Crippen LogP contribution in [-0.2, 0) is 4.79 Å². The number of hydrogen-bond acceptors (Lipinski definition) is 5. The average molecular weight is 216 g/mol. The van der Waals surface area contributed by atoms with E-state index in [1.807, 2.05) is 0 Å². The molecule has 15 heavy (non-hydrogen) atoms. The van der Waals surface area contributed by atoms with Gasteiger partial charge in [-0.1, -0.05) is 0 Å². The molecule has 0 spiro atoms. The maximum absolute atomic E-state index is 10.6. The molecule has 82 valence electrons. The number of nitrogens with zero attached hydrogens (tertiary/aromatic N) is 2. The number of carboxylic acid groups (broad SMARTS) is 1. The lowest BCUT2D eigenvalue weighted by atomic mass is 10.3. The third-order valence-electron chi connectivity index (χ3n) is 1.66. The van der Waals surface area contributed by atoms with E-state index in [-0.39, 0.29) is 10.9 Å². The molecule has 1 aromatic rings. The van der Waals surface area contributed by atoms with Crippen LogP contribution in [0, 0.1) is 10.1 Å². The van der Waals surface area contributed by atoms with Gasteiger partial charge < -0.3 is 14.6 Å². The number of rotatable bonds is 5. The summed E-state index contributed by atoms with van der Waals surface area (Å²) in [7, 11) is 0. The first-order valence-electron chi connectivity index (χ1n) is 3.88. The van der Waals surface area contributed by atoms with Gasteiger partial charge in [0.25, 0.3) is 5.88 Å². The number of carboxylic acids is 1. The number of aliphatic hydroxyl groups is 1. The molecule has 0 fully saturated rings. The lowest BCUT2D eigenvalue weighted by Gasteiger charge is -2.16. The van der Waals surface area contributed by atoms with Crippen LogP contribution >= 0.6 is 0 Å². The van der Waals surface area contributed by atoms with Crippen molar-refractivity contribution in [3.8, 4) is 0 Å². The molecule has 0 aliphatic carbocycles. The summed E-state index contributed by atoms with van der Waals surface area (Å²) in [6.07, 6.45) is 1.17. The minimum atomic E-state index is -1.67. The van der Waals surface area contributed by atoms with Crippen LogP contribution < -0.4 is 5.01 Å². The zero-order chi connectivity index (χ0) is 11.4. The fraction of sp³-hybridized carbons (Fsp3) is 0.286. The summed E-state index contributed by atoms with van der Waals surface area (Å²) in [6, 6.07) is 0.933. The van der Waals surface area contributed by atoms with Gasteiger partial charge in [-0.2, -0.15) is 0 Å². The summed E-state index contributed by atoms with van der Waals surface area (Å²) in [4.78, 5) is 21.2. The Bertz CT molecular complexity index is 348. The van der Waals surface area contributed by atoms with Crippen LogP contribution in [-0.4, -0.2) is 33.9 Å². The summed E-state index contributed by atoms with van der Waals surface area (Å²) in [5, 5.41) is 27.3. The van der Waals surface area contributed by atoms with Crippen LogP contribution in [0.1, 0.15) is 0 Å². The molecule has 8 heteroatoms. The number of aliphatic carboxylic acids is 1. The molecule has 0 saturated carbocycles. The molecule has 2 N–H and O–H groups in total. The second-order valence-electron chi connectivity index (χ2n) is 2.57. The maximum atomic E-state index is 10.6. The summed E-state index contributed by atoms with van der Waals surface area (Å²) in [5.41, 5.74) is 0. The van der Waals surface area contributed by atoms with Crippen molar-refractivity contribution >= 4 is 11.9 Å². The maximum Gasteiger partial charge on any atom is 0.335 e. The van der Waals surface area contributed by atoms with Crippen LogP contribution in [0.25, 0.3) is 0 Å². The van der Waals surface area contributed by atoms with E-state index in [2.05, 4.69) is 0 Å². The first kappa shape index (κ1) is 11.0. The lowest BCUT2D eigenvalue weighted by molar-refractivity contribution is -0.501. The van der Waals surface area contributed by atoms with Gasteiger partial charge in [0.15, 0.2) is 5.03 Å². The SMILES string of the molecule is O=C(O)[C@H](CO)N(c1ccco1)[N+](=O)[O-]. The Morgan fingerprint density at radius 2 is 2.40 bits per heavy atom. The van der Waals surface area contributed by atoms with Gasteiger partial charge in [-0.25, -0.2) is 14.9 Å². The first-order chi connectivity index (χ1) is 7.07. The Morgan fingerprint density at radius 1 is 1.73 bits per heavy atom. The second kappa shape index (κ2) is 4.42. The molecule has 8 nitrogen and oxygen atoms in total. The molecule has 1 rings (SSSR count). The fourth-order valence-electron chi connectivity index (χ4n) is 1.01. The van der Waals surface area contributed by atoms with E-state index in [1.54, 1.807) is 0 Å². The highest BCUT2D eigenvalue weighted by molar-refractivity contribution is 5.76. The van der Waals surface area contributed by atoms with Crippen LogP contribution in [0.5, 0.6) is 0 Å². The molecule has 0 unspecified atom stereocenters. The number of hydrogen-bond donors (Lipinski definition) is 2. The number of hydrazine groups is 1. The van der Waals surface area contributed by atoms with E-state index in [1.165, 1.54) is 18.4 Å².